The molecule has 0 spiro atoms. The van der Waals surface area contributed by atoms with E-state index in [1.165, 1.54) is 31.0 Å². The molecule has 1 fully saturated rings. The van der Waals surface area contributed by atoms with Crippen LogP contribution >= 0.6 is 23.4 Å². The van der Waals surface area contributed by atoms with Crippen LogP contribution in [0.3, 0.4) is 0 Å². The third kappa shape index (κ3) is 4.42. The number of carbonyl (C=O) groups excluding carboxylic acids is 1. The van der Waals surface area contributed by atoms with Gasteiger partial charge in [-0.2, -0.15) is 10.3 Å². The molecule has 1 amide bonds. The fourth-order valence-electron chi connectivity index (χ4n) is 2.71. The lowest BCUT2D eigenvalue weighted by Gasteiger charge is -2.29. The van der Waals surface area contributed by atoms with Crippen molar-refractivity contribution in [1.82, 2.24) is 20.7 Å². The monoisotopic (exact) mass is 365 g/mol. The third-order valence-corrected chi connectivity index (χ3v) is 5.18. The Morgan fingerprint density at radius 1 is 1.33 bits per heavy atom. The van der Waals surface area contributed by atoms with Gasteiger partial charge in [0, 0.05) is 31.1 Å². The Morgan fingerprint density at radius 3 is 2.92 bits per heavy atom. The van der Waals surface area contributed by atoms with Gasteiger partial charge in [-0.1, -0.05) is 11.6 Å². The average molecular weight is 366 g/mol. The molecule has 0 atom stereocenters. The topological polar surface area (TPSA) is 73.9 Å². The van der Waals surface area contributed by atoms with E-state index < -0.39 is 0 Å². The van der Waals surface area contributed by atoms with Crippen LogP contribution in [0.5, 0.6) is 0 Å². The normalized spacial score (nSPS) is 14.6. The van der Waals surface area contributed by atoms with Crippen LogP contribution in [0.2, 0.25) is 5.02 Å². The van der Waals surface area contributed by atoms with E-state index in [0.29, 0.717) is 17.1 Å². The first-order chi connectivity index (χ1) is 11.7. The van der Waals surface area contributed by atoms with Crippen LogP contribution in [0, 0.1) is 0 Å². The van der Waals surface area contributed by atoms with E-state index in [1.54, 1.807) is 6.20 Å². The molecule has 6 nitrogen and oxygen atoms in total. The lowest BCUT2D eigenvalue weighted by molar-refractivity contribution is 0.0956. The maximum absolute atomic E-state index is 12.4. The van der Waals surface area contributed by atoms with Gasteiger partial charge in [0.1, 0.15) is 5.03 Å². The lowest BCUT2D eigenvalue weighted by atomic mass is 10.1. The van der Waals surface area contributed by atoms with E-state index >= 15 is 0 Å². The second-order valence-electron chi connectivity index (χ2n) is 5.62. The molecule has 2 heterocycles. The first-order valence-corrected chi connectivity index (χ1v) is 9.41. The molecule has 0 aliphatic carbocycles. The van der Waals surface area contributed by atoms with Crippen molar-refractivity contribution in [3.63, 3.8) is 0 Å². The number of hydrogen-bond acceptors (Lipinski definition) is 5. The van der Waals surface area contributed by atoms with E-state index in [9.17, 15) is 4.79 Å². The van der Waals surface area contributed by atoms with Gasteiger partial charge in [0.2, 0.25) is 0 Å². The number of aromatic nitrogens is 3. The summed E-state index contributed by atoms with van der Waals surface area (Å²) in [6.45, 7) is 2.62. The van der Waals surface area contributed by atoms with E-state index in [0.717, 1.165) is 29.6 Å². The van der Waals surface area contributed by atoms with Crippen molar-refractivity contribution in [1.29, 1.82) is 0 Å². The van der Waals surface area contributed by atoms with Crippen molar-refractivity contribution in [2.45, 2.75) is 24.3 Å². The Morgan fingerprint density at radius 2 is 2.17 bits per heavy atom. The molecule has 1 aromatic heterocycles. The quantitative estimate of drug-likeness (QED) is 0.608. The molecule has 1 aromatic carbocycles. The Hall–Kier alpha value is -1.73. The molecule has 0 saturated carbocycles. The number of piperidine rings is 1. The van der Waals surface area contributed by atoms with Crippen molar-refractivity contribution in [3.05, 3.63) is 35.0 Å². The number of H-pyrrole nitrogens is 1. The predicted octanol–water partition coefficient (Wildman–Crippen LogP) is 2.97. The van der Waals surface area contributed by atoms with E-state index in [2.05, 4.69) is 25.6 Å². The summed E-state index contributed by atoms with van der Waals surface area (Å²) in [5, 5.41) is 14.5. The minimum Gasteiger partial charge on any atom is -0.372 e. The smallest absolute Gasteiger partial charge is 0.252 e. The minimum atomic E-state index is -0.139. The SMILES string of the molecule is O=C(NCCSc1cn[nH]n1)c1cc(N2CCCCC2)ccc1Cl. The van der Waals surface area contributed by atoms with Gasteiger partial charge in [0.25, 0.3) is 5.91 Å². The summed E-state index contributed by atoms with van der Waals surface area (Å²) in [4.78, 5) is 14.7. The number of carbonyl (C=O) groups is 1. The van der Waals surface area contributed by atoms with Gasteiger partial charge in [-0.25, -0.2) is 0 Å². The highest BCUT2D eigenvalue weighted by atomic mass is 35.5. The Labute approximate surface area is 150 Å². The Bertz CT molecular complexity index is 673. The molecular weight excluding hydrogens is 346 g/mol. The van der Waals surface area contributed by atoms with Gasteiger partial charge >= 0.3 is 0 Å². The highest BCUT2D eigenvalue weighted by Crippen LogP contribution is 2.25. The summed E-state index contributed by atoms with van der Waals surface area (Å²) in [6, 6.07) is 5.70. The van der Waals surface area contributed by atoms with Crippen molar-refractivity contribution in [3.8, 4) is 0 Å². The van der Waals surface area contributed by atoms with E-state index in [4.69, 9.17) is 11.6 Å². The largest absolute Gasteiger partial charge is 0.372 e. The number of amides is 1. The number of nitrogens with one attached hydrogen (secondary N) is 2. The van der Waals surface area contributed by atoms with Crippen LogP contribution in [-0.4, -0.2) is 46.7 Å². The molecule has 1 aliphatic heterocycles. The molecule has 1 saturated heterocycles. The molecule has 0 radical (unpaired) electrons. The fraction of sp³-hybridized carbons (Fsp3) is 0.438. The van der Waals surface area contributed by atoms with E-state index in [1.807, 2.05) is 18.2 Å². The zero-order valence-corrected chi connectivity index (χ0v) is 14.9. The first-order valence-electron chi connectivity index (χ1n) is 8.05. The van der Waals surface area contributed by atoms with Gasteiger partial charge in [-0.05, 0) is 37.5 Å². The van der Waals surface area contributed by atoms with Crippen LogP contribution < -0.4 is 10.2 Å². The summed E-state index contributed by atoms with van der Waals surface area (Å²) in [6.07, 6.45) is 5.33. The maximum Gasteiger partial charge on any atom is 0.252 e. The summed E-state index contributed by atoms with van der Waals surface area (Å²) >= 11 is 7.75. The van der Waals surface area contributed by atoms with Gasteiger partial charge in [0.05, 0.1) is 16.8 Å². The van der Waals surface area contributed by atoms with Crippen LogP contribution in [-0.2, 0) is 0 Å². The molecule has 0 bridgehead atoms. The van der Waals surface area contributed by atoms with E-state index in [-0.39, 0.29) is 5.91 Å². The highest BCUT2D eigenvalue weighted by molar-refractivity contribution is 7.99. The molecule has 8 heteroatoms. The summed E-state index contributed by atoms with van der Waals surface area (Å²) in [5.41, 5.74) is 1.60. The number of rotatable bonds is 6. The van der Waals surface area contributed by atoms with Gasteiger partial charge in [-0.3, -0.25) is 4.79 Å². The van der Waals surface area contributed by atoms with Crippen molar-refractivity contribution in [2.24, 2.45) is 0 Å². The maximum atomic E-state index is 12.4. The van der Waals surface area contributed by atoms with Crippen molar-refractivity contribution >= 4 is 35.0 Å². The zero-order chi connectivity index (χ0) is 16.8. The highest BCUT2D eigenvalue weighted by Gasteiger charge is 2.15. The Balaban J connectivity index is 1.56. The molecule has 1 aliphatic rings. The second-order valence-corrected chi connectivity index (χ2v) is 7.15. The standard InChI is InChI=1S/C16H20ClN5OS/c17-14-5-4-12(22-7-2-1-3-8-22)10-13(14)16(23)18-6-9-24-15-11-19-21-20-15/h4-5,10-11H,1-3,6-9H2,(H,18,23)(H,19,20,21). The van der Waals surface area contributed by atoms with Gasteiger partial charge < -0.3 is 10.2 Å². The minimum absolute atomic E-state index is 0.139. The molecule has 0 unspecified atom stereocenters. The van der Waals surface area contributed by atoms with Crippen LogP contribution in [0.25, 0.3) is 0 Å². The van der Waals surface area contributed by atoms with Gasteiger partial charge in [0.15, 0.2) is 0 Å². The number of aromatic amines is 1. The zero-order valence-electron chi connectivity index (χ0n) is 13.3. The predicted molar refractivity (Wildman–Crippen MR) is 97.0 cm³/mol. The Kier molecular flexibility index (Phi) is 5.98. The number of benzene rings is 1. The fourth-order valence-corrected chi connectivity index (χ4v) is 3.56. The van der Waals surface area contributed by atoms with Gasteiger partial charge in [-0.15, -0.1) is 16.9 Å². The van der Waals surface area contributed by atoms with Crippen molar-refractivity contribution < 1.29 is 4.79 Å². The number of anilines is 1. The molecule has 3 rings (SSSR count). The second kappa shape index (κ2) is 8.39. The average Bonchev–Trinajstić information content (AvgIpc) is 3.13. The van der Waals surface area contributed by atoms with Crippen LogP contribution in [0.15, 0.2) is 29.4 Å². The third-order valence-electron chi connectivity index (χ3n) is 3.95. The number of hydrogen-bond donors (Lipinski definition) is 2. The summed E-state index contributed by atoms with van der Waals surface area (Å²) in [5.74, 6) is 0.585. The number of nitrogens with zero attached hydrogens (tertiary/aromatic N) is 3. The summed E-state index contributed by atoms with van der Waals surface area (Å²) < 4.78 is 0. The molecule has 2 aromatic rings. The molecular formula is C16H20ClN5OS. The summed E-state index contributed by atoms with van der Waals surface area (Å²) in [7, 11) is 0. The molecule has 128 valence electrons. The first kappa shape index (κ1) is 17.1. The number of halogens is 1. The lowest BCUT2D eigenvalue weighted by Crippen LogP contribution is -2.30. The molecule has 2 N–H and O–H groups in total. The molecule has 24 heavy (non-hydrogen) atoms. The van der Waals surface area contributed by atoms with Crippen molar-refractivity contribution in [2.75, 3.05) is 30.3 Å². The van der Waals surface area contributed by atoms with Crippen LogP contribution in [0.1, 0.15) is 29.6 Å². The number of thioether (sulfide) groups is 1. The van der Waals surface area contributed by atoms with Crippen LogP contribution in [0.4, 0.5) is 5.69 Å².